The van der Waals surface area contributed by atoms with E-state index >= 15 is 0 Å². The van der Waals surface area contributed by atoms with Gasteiger partial charge in [-0.2, -0.15) is 0 Å². The van der Waals surface area contributed by atoms with Gasteiger partial charge in [-0.05, 0) is 72.8 Å². The second-order valence-electron chi connectivity index (χ2n) is 9.97. The molecule has 9 heterocycles. The molecule has 0 saturated heterocycles. The van der Waals surface area contributed by atoms with Crippen LogP contribution in [-0.4, -0.2) is 39.9 Å². The average Bonchev–Trinajstić information content (AvgIpc) is 3.73. The number of rotatable bonds is 0. The topological polar surface area (TPSA) is 115 Å². The molecule has 6 aromatic heterocycles. The van der Waals surface area contributed by atoms with E-state index in [9.17, 15) is 0 Å². The third kappa shape index (κ3) is 3.53. The summed E-state index contributed by atoms with van der Waals surface area (Å²) in [5.74, 6) is 0. The van der Waals surface area contributed by atoms with Crippen molar-refractivity contribution in [1.82, 2.24) is 39.9 Å². The van der Waals surface area contributed by atoms with Crippen molar-refractivity contribution in [3.05, 3.63) is 117 Å². The van der Waals surface area contributed by atoms with Crippen LogP contribution < -0.4 is 21.4 Å². The Bertz CT molecular complexity index is 2340. The Labute approximate surface area is 242 Å². The number of aromatic amines is 4. The Morgan fingerprint density at radius 3 is 1.88 bits per heavy atom. The second-order valence-corrected chi connectivity index (χ2v) is 9.97. The molecule has 41 heavy (non-hydrogen) atoms. The van der Waals surface area contributed by atoms with Gasteiger partial charge in [0.2, 0.25) is 0 Å². The Balaban J connectivity index is 0.00000256. The minimum absolute atomic E-state index is 0. The van der Waals surface area contributed by atoms with Crippen LogP contribution in [0.2, 0.25) is 0 Å². The second kappa shape index (κ2) is 8.89. The SMILES string of the molecule is C1=c2[nH]c(c3ncccc23)=Cc2[nH]c(c3ncccc23)C=c2[nH]c(c3ncccc23)=Cc2nc1c1[nH]cccc2-1.[Mn]. The molecular weight excluding hydrogens is 551 g/mol. The summed E-state index contributed by atoms with van der Waals surface area (Å²) in [7, 11) is 0. The summed E-state index contributed by atoms with van der Waals surface area (Å²) in [5.41, 5.74) is 8.26. The maximum absolute atomic E-state index is 5.09. The van der Waals surface area contributed by atoms with Crippen LogP contribution >= 0.6 is 0 Å². The van der Waals surface area contributed by atoms with Gasteiger partial charge in [0.1, 0.15) is 0 Å². The van der Waals surface area contributed by atoms with Crippen LogP contribution in [0.3, 0.4) is 0 Å². The first kappa shape index (κ1) is 23.6. The van der Waals surface area contributed by atoms with Crippen LogP contribution in [0.15, 0.2) is 73.3 Å². The zero-order chi connectivity index (χ0) is 26.2. The van der Waals surface area contributed by atoms with E-state index in [0.717, 1.165) is 88.1 Å². The molecule has 6 aromatic rings. The van der Waals surface area contributed by atoms with Gasteiger partial charge >= 0.3 is 0 Å². The van der Waals surface area contributed by atoms with Crippen LogP contribution in [0.1, 0.15) is 22.8 Å². The van der Waals surface area contributed by atoms with E-state index in [1.54, 1.807) is 0 Å². The minimum Gasteiger partial charge on any atom is -0.359 e. The van der Waals surface area contributed by atoms with Crippen molar-refractivity contribution >= 4 is 57.0 Å². The predicted molar refractivity (Wildman–Crippen MR) is 156 cm³/mol. The van der Waals surface area contributed by atoms with E-state index in [-0.39, 0.29) is 17.1 Å². The monoisotopic (exact) mass is 571 g/mol. The standard InChI is InChI=1S/C32H20N8.Mn/c1-5-17-21-13-26-30-19(7-3-10-34-30)23(38-26)15-28-32-20(8-4-12-36-32)24(40-28)16-27-31-18(6-2-11-35-31)22(39-27)14-25(37-21)29(17)33-9-1;/h1-16,33,38-40H;. The zero-order valence-corrected chi connectivity index (χ0v) is 22.6. The molecule has 8 nitrogen and oxygen atoms in total. The Morgan fingerprint density at radius 1 is 0.512 bits per heavy atom. The van der Waals surface area contributed by atoms with E-state index in [1.165, 1.54) is 0 Å². The van der Waals surface area contributed by atoms with E-state index in [0.29, 0.717) is 0 Å². The number of nitrogens with zero attached hydrogens (tertiary/aromatic N) is 4. The first-order valence-corrected chi connectivity index (χ1v) is 13.1. The molecule has 0 amide bonds. The molecule has 1 radical (unpaired) electrons. The minimum atomic E-state index is 0. The van der Waals surface area contributed by atoms with Crippen molar-refractivity contribution < 1.29 is 17.1 Å². The maximum atomic E-state index is 5.09. The summed E-state index contributed by atoms with van der Waals surface area (Å²) >= 11 is 0. The van der Waals surface area contributed by atoms with Gasteiger partial charge < -0.3 is 19.9 Å². The van der Waals surface area contributed by atoms with Crippen LogP contribution in [0.25, 0.3) is 68.3 Å². The number of fused-ring (bicyclic) bond motifs is 20. The van der Waals surface area contributed by atoms with Gasteiger partial charge in [-0.15, -0.1) is 0 Å². The summed E-state index contributed by atoms with van der Waals surface area (Å²) in [5, 5.41) is 6.79. The molecule has 195 valence electrons. The Morgan fingerprint density at radius 2 is 1.12 bits per heavy atom. The summed E-state index contributed by atoms with van der Waals surface area (Å²) in [6.45, 7) is 0. The molecule has 0 atom stereocenters. The van der Waals surface area contributed by atoms with Crippen molar-refractivity contribution in [3.8, 4) is 11.3 Å². The summed E-state index contributed by atoms with van der Waals surface area (Å²) in [4.78, 5) is 33.6. The van der Waals surface area contributed by atoms with E-state index < -0.39 is 0 Å². The van der Waals surface area contributed by atoms with Gasteiger partial charge in [-0.1, -0.05) is 0 Å². The van der Waals surface area contributed by atoms with E-state index in [2.05, 4.69) is 68.5 Å². The average molecular weight is 572 g/mol. The molecule has 0 aromatic carbocycles. The van der Waals surface area contributed by atoms with Crippen molar-refractivity contribution in [3.63, 3.8) is 0 Å². The quantitative estimate of drug-likeness (QED) is 0.210. The molecular formula is C32H20MnN8. The van der Waals surface area contributed by atoms with Gasteiger partial charge in [-0.3, -0.25) is 15.0 Å². The molecule has 8 bridgehead atoms. The maximum Gasteiger partial charge on any atom is 0.0958 e. The third-order valence-electron chi connectivity index (χ3n) is 7.64. The van der Waals surface area contributed by atoms with Crippen molar-refractivity contribution in [2.75, 3.05) is 0 Å². The van der Waals surface area contributed by atoms with E-state index in [1.807, 2.05) is 49.1 Å². The van der Waals surface area contributed by atoms with Crippen molar-refractivity contribution in [2.24, 2.45) is 0 Å². The third-order valence-corrected chi connectivity index (χ3v) is 7.64. The van der Waals surface area contributed by atoms with Gasteiger partial charge in [0.25, 0.3) is 0 Å². The van der Waals surface area contributed by atoms with Crippen LogP contribution in [0, 0.1) is 0 Å². The molecule has 3 aliphatic rings. The molecule has 0 fully saturated rings. The normalized spacial score (nSPS) is 12.5. The number of hydrogen-bond acceptors (Lipinski definition) is 4. The predicted octanol–water partition coefficient (Wildman–Crippen LogP) is 2.77. The molecule has 3 aliphatic heterocycles. The molecule has 0 saturated carbocycles. The molecule has 0 spiro atoms. The zero-order valence-electron chi connectivity index (χ0n) is 21.4. The number of nitrogens with one attached hydrogen (secondary N) is 4. The van der Waals surface area contributed by atoms with E-state index in [4.69, 9.17) is 19.9 Å². The Kier molecular flexibility index (Phi) is 5.12. The summed E-state index contributed by atoms with van der Waals surface area (Å²) < 4.78 is 0. The van der Waals surface area contributed by atoms with Crippen LogP contribution in [-0.2, 0) is 17.1 Å². The van der Waals surface area contributed by atoms with Crippen LogP contribution in [0.4, 0.5) is 0 Å². The van der Waals surface area contributed by atoms with Crippen LogP contribution in [0.5, 0.6) is 0 Å². The molecule has 0 aliphatic carbocycles. The van der Waals surface area contributed by atoms with Crippen molar-refractivity contribution in [1.29, 1.82) is 0 Å². The first-order chi connectivity index (χ1) is 19.8. The number of aromatic nitrogens is 8. The number of hydrogen-bond donors (Lipinski definition) is 4. The Hall–Kier alpha value is -5.24. The summed E-state index contributed by atoms with van der Waals surface area (Å²) in [6.07, 6.45) is 15.8. The number of pyridine rings is 4. The molecule has 9 rings (SSSR count). The van der Waals surface area contributed by atoms with Crippen molar-refractivity contribution in [2.45, 2.75) is 0 Å². The molecule has 4 N–H and O–H groups in total. The van der Waals surface area contributed by atoms with Gasteiger partial charge in [0.15, 0.2) is 0 Å². The smallest absolute Gasteiger partial charge is 0.0958 e. The fraction of sp³-hybridized carbons (Fsp3) is 0. The number of H-pyrrole nitrogens is 4. The van der Waals surface area contributed by atoms with Gasteiger partial charge in [0, 0.05) is 63.6 Å². The fourth-order valence-corrected chi connectivity index (χ4v) is 5.87. The van der Waals surface area contributed by atoms with Gasteiger partial charge in [0.05, 0.1) is 66.4 Å². The molecule has 0 unspecified atom stereocenters. The first-order valence-electron chi connectivity index (χ1n) is 13.1. The fourth-order valence-electron chi connectivity index (χ4n) is 5.87. The largest absolute Gasteiger partial charge is 0.359 e. The summed E-state index contributed by atoms with van der Waals surface area (Å²) in [6, 6.07) is 16.2. The van der Waals surface area contributed by atoms with Gasteiger partial charge in [-0.25, -0.2) is 4.98 Å². The molecule has 9 heteroatoms.